The molecule has 2 fully saturated rings. The first kappa shape index (κ1) is 16.2. The van der Waals surface area contributed by atoms with Crippen LogP contribution in [0.2, 0.25) is 0 Å². The molecule has 5 heteroatoms. The molecule has 0 spiro atoms. The summed E-state index contributed by atoms with van der Waals surface area (Å²) in [5, 5.41) is 3.42. The number of unbranched alkanes of at least 4 members (excludes halogenated alkanes) is 1. The molecule has 1 atom stereocenters. The van der Waals surface area contributed by atoms with E-state index >= 15 is 0 Å². The smallest absolute Gasteiger partial charge is 0.211 e. The molecule has 0 aromatic rings. The molecule has 2 N–H and O–H groups in total. The summed E-state index contributed by atoms with van der Waals surface area (Å²) in [5.41, 5.74) is 0. The summed E-state index contributed by atoms with van der Waals surface area (Å²) in [7, 11) is -3.09. The zero-order chi connectivity index (χ0) is 14.4. The average Bonchev–Trinajstić information content (AvgIpc) is 3.23. The standard InChI is InChI=1S/C15H30N2O2S/c1-13(14-7-3-2-4-8-14)17-20(18,19)12-6-5-11-16-15-9-10-15/h13-17H,2-12H2,1H3. The molecule has 0 heterocycles. The van der Waals surface area contributed by atoms with E-state index in [1.165, 1.54) is 44.9 Å². The third kappa shape index (κ3) is 6.10. The van der Waals surface area contributed by atoms with Gasteiger partial charge in [-0.3, -0.25) is 0 Å². The maximum absolute atomic E-state index is 12.1. The largest absolute Gasteiger partial charge is 0.314 e. The van der Waals surface area contributed by atoms with Crippen molar-refractivity contribution in [2.75, 3.05) is 12.3 Å². The fourth-order valence-corrected chi connectivity index (χ4v) is 4.54. The molecule has 2 rings (SSSR count). The van der Waals surface area contributed by atoms with Crippen LogP contribution in [0, 0.1) is 5.92 Å². The molecule has 2 aliphatic rings. The minimum absolute atomic E-state index is 0.102. The van der Waals surface area contributed by atoms with Gasteiger partial charge in [0.1, 0.15) is 0 Å². The molecule has 2 saturated carbocycles. The average molecular weight is 302 g/mol. The molecule has 0 radical (unpaired) electrons. The topological polar surface area (TPSA) is 58.2 Å². The Labute approximate surface area is 124 Å². The van der Waals surface area contributed by atoms with Crippen LogP contribution < -0.4 is 10.0 Å². The van der Waals surface area contributed by atoms with Crippen LogP contribution in [0.25, 0.3) is 0 Å². The molecule has 0 aliphatic heterocycles. The Kier molecular flexibility index (Phi) is 6.30. The maximum Gasteiger partial charge on any atom is 0.211 e. The summed E-state index contributed by atoms with van der Waals surface area (Å²) in [6, 6.07) is 0.820. The Morgan fingerprint density at radius 2 is 1.75 bits per heavy atom. The highest BCUT2D eigenvalue weighted by Gasteiger charge is 2.24. The number of rotatable bonds is 9. The lowest BCUT2D eigenvalue weighted by Gasteiger charge is -2.28. The van der Waals surface area contributed by atoms with Crippen molar-refractivity contribution >= 4 is 10.0 Å². The molecule has 2 aliphatic carbocycles. The zero-order valence-corrected chi connectivity index (χ0v) is 13.6. The number of nitrogens with one attached hydrogen (secondary N) is 2. The Bertz CT molecular complexity index is 373. The van der Waals surface area contributed by atoms with Crippen molar-refractivity contribution in [2.24, 2.45) is 5.92 Å². The van der Waals surface area contributed by atoms with E-state index in [1.807, 2.05) is 6.92 Å². The van der Waals surface area contributed by atoms with E-state index in [2.05, 4.69) is 10.0 Å². The van der Waals surface area contributed by atoms with E-state index in [0.717, 1.165) is 25.4 Å². The monoisotopic (exact) mass is 302 g/mol. The van der Waals surface area contributed by atoms with Crippen LogP contribution in [0.15, 0.2) is 0 Å². The lowest BCUT2D eigenvalue weighted by molar-refractivity contribution is 0.303. The Hall–Kier alpha value is -0.130. The SMILES string of the molecule is CC(NS(=O)(=O)CCCCNC1CC1)C1CCCCC1. The van der Waals surface area contributed by atoms with Crippen molar-refractivity contribution in [1.82, 2.24) is 10.0 Å². The number of hydrogen-bond acceptors (Lipinski definition) is 3. The van der Waals surface area contributed by atoms with Crippen LogP contribution in [-0.2, 0) is 10.0 Å². The van der Waals surface area contributed by atoms with Crippen molar-refractivity contribution in [1.29, 1.82) is 0 Å². The van der Waals surface area contributed by atoms with Gasteiger partial charge in [-0.15, -0.1) is 0 Å². The van der Waals surface area contributed by atoms with E-state index < -0.39 is 10.0 Å². The van der Waals surface area contributed by atoms with Gasteiger partial charge in [0.25, 0.3) is 0 Å². The highest BCUT2D eigenvalue weighted by molar-refractivity contribution is 7.89. The highest BCUT2D eigenvalue weighted by atomic mass is 32.2. The number of hydrogen-bond donors (Lipinski definition) is 2. The molecule has 0 amide bonds. The second-order valence-corrected chi connectivity index (χ2v) is 8.43. The Morgan fingerprint density at radius 1 is 1.05 bits per heavy atom. The summed E-state index contributed by atoms with van der Waals surface area (Å²) in [6.07, 6.45) is 10.5. The predicted molar refractivity (Wildman–Crippen MR) is 83.2 cm³/mol. The van der Waals surface area contributed by atoms with Gasteiger partial charge in [0.05, 0.1) is 5.75 Å². The molecule has 0 aromatic heterocycles. The fraction of sp³-hybridized carbons (Fsp3) is 1.00. The first-order valence-corrected chi connectivity index (χ1v) is 9.95. The number of sulfonamides is 1. The zero-order valence-electron chi connectivity index (χ0n) is 12.7. The summed E-state index contributed by atoms with van der Waals surface area (Å²) in [5.74, 6) is 0.811. The van der Waals surface area contributed by atoms with Gasteiger partial charge < -0.3 is 5.32 Å². The first-order valence-electron chi connectivity index (χ1n) is 8.30. The highest BCUT2D eigenvalue weighted by Crippen LogP contribution is 2.26. The van der Waals surface area contributed by atoms with E-state index in [9.17, 15) is 8.42 Å². The van der Waals surface area contributed by atoms with Crippen LogP contribution in [0.1, 0.15) is 64.7 Å². The molecule has 0 bridgehead atoms. The third-order valence-corrected chi connectivity index (χ3v) is 6.13. The molecule has 118 valence electrons. The lowest BCUT2D eigenvalue weighted by atomic mass is 9.85. The maximum atomic E-state index is 12.1. The van der Waals surface area contributed by atoms with Crippen LogP contribution in [0.4, 0.5) is 0 Å². The molecular formula is C15H30N2O2S. The molecule has 0 aromatic carbocycles. The van der Waals surface area contributed by atoms with Gasteiger partial charge in [0, 0.05) is 12.1 Å². The second-order valence-electron chi connectivity index (χ2n) is 6.56. The second kappa shape index (κ2) is 7.76. The van der Waals surface area contributed by atoms with Gasteiger partial charge in [0.2, 0.25) is 10.0 Å². The van der Waals surface area contributed by atoms with Crippen LogP contribution in [0.3, 0.4) is 0 Å². The molecule has 1 unspecified atom stereocenters. The van der Waals surface area contributed by atoms with Gasteiger partial charge >= 0.3 is 0 Å². The van der Waals surface area contributed by atoms with Crippen LogP contribution >= 0.6 is 0 Å². The predicted octanol–water partition coefficient (Wildman–Crippen LogP) is 2.41. The van der Waals surface area contributed by atoms with E-state index in [0.29, 0.717) is 5.92 Å². The van der Waals surface area contributed by atoms with Gasteiger partial charge in [0.15, 0.2) is 0 Å². The van der Waals surface area contributed by atoms with Gasteiger partial charge in [-0.2, -0.15) is 0 Å². The molecule has 4 nitrogen and oxygen atoms in total. The van der Waals surface area contributed by atoms with E-state index in [1.54, 1.807) is 0 Å². The molecule has 20 heavy (non-hydrogen) atoms. The fourth-order valence-electron chi connectivity index (χ4n) is 3.08. The summed E-state index contributed by atoms with van der Waals surface area (Å²) < 4.78 is 27.0. The Morgan fingerprint density at radius 3 is 2.40 bits per heavy atom. The Balaban J connectivity index is 1.61. The minimum atomic E-state index is -3.09. The molecule has 0 saturated heterocycles. The molecular weight excluding hydrogens is 272 g/mol. The van der Waals surface area contributed by atoms with Crippen molar-refractivity contribution < 1.29 is 8.42 Å². The van der Waals surface area contributed by atoms with Crippen molar-refractivity contribution in [3.8, 4) is 0 Å². The van der Waals surface area contributed by atoms with E-state index in [4.69, 9.17) is 0 Å². The summed E-state index contributed by atoms with van der Waals surface area (Å²) >= 11 is 0. The quantitative estimate of drug-likeness (QED) is 0.643. The summed E-state index contributed by atoms with van der Waals surface area (Å²) in [4.78, 5) is 0. The summed E-state index contributed by atoms with van der Waals surface area (Å²) in [6.45, 7) is 2.99. The van der Waals surface area contributed by atoms with Crippen molar-refractivity contribution in [2.45, 2.75) is 76.8 Å². The third-order valence-electron chi connectivity index (χ3n) is 4.57. The lowest BCUT2D eigenvalue weighted by Crippen LogP contribution is -2.40. The normalized spacial score (nSPS) is 22.9. The first-order chi connectivity index (χ1) is 9.57. The van der Waals surface area contributed by atoms with Crippen molar-refractivity contribution in [3.63, 3.8) is 0 Å². The van der Waals surface area contributed by atoms with Crippen LogP contribution in [-0.4, -0.2) is 32.8 Å². The minimum Gasteiger partial charge on any atom is -0.314 e. The van der Waals surface area contributed by atoms with Crippen LogP contribution in [0.5, 0.6) is 0 Å². The van der Waals surface area contributed by atoms with Gasteiger partial charge in [-0.05, 0) is 57.9 Å². The van der Waals surface area contributed by atoms with Gasteiger partial charge in [-0.1, -0.05) is 19.3 Å². The van der Waals surface area contributed by atoms with E-state index in [-0.39, 0.29) is 11.8 Å². The van der Waals surface area contributed by atoms with Gasteiger partial charge in [-0.25, -0.2) is 13.1 Å². The van der Waals surface area contributed by atoms with Crippen molar-refractivity contribution in [3.05, 3.63) is 0 Å².